The van der Waals surface area contributed by atoms with Gasteiger partial charge < -0.3 is 15.3 Å². The van der Waals surface area contributed by atoms with Gasteiger partial charge in [-0.25, -0.2) is 4.79 Å². The fourth-order valence-electron chi connectivity index (χ4n) is 2.48. The second kappa shape index (κ2) is 5.73. The first kappa shape index (κ1) is 13.4. The number of carbonyl (C=O) groups excluding carboxylic acids is 1. The van der Waals surface area contributed by atoms with Crippen LogP contribution in [0, 0.1) is 0 Å². The summed E-state index contributed by atoms with van der Waals surface area (Å²) in [7, 11) is 0. The highest BCUT2D eigenvalue weighted by molar-refractivity contribution is 5.94. The van der Waals surface area contributed by atoms with Crippen molar-refractivity contribution in [3.05, 3.63) is 29.8 Å². The number of anilines is 1. The SMILES string of the molecule is CC(=O)NC1CCN(c2ccccc2C(=O)O)CC1. The summed E-state index contributed by atoms with van der Waals surface area (Å²) in [6.07, 6.45) is 1.68. The van der Waals surface area contributed by atoms with Gasteiger partial charge in [-0.3, -0.25) is 4.79 Å². The summed E-state index contributed by atoms with van der Waals surface area (Å²) >= 11 is 0. The van der Waals surface area contributed by atoms with Crippen LogP contribution >= 0.6 is 0 Å². The second-order valence-corrected chi connectivity index (χ2v) is 4.78. The summed E-state index contributed by atoms with van der Waals surface area (Å²) in [6, 6.07) is 7.24. The third-order valence-electron chi connectivity index (χ3n) is 3.38. The van der Waals surface area contributed by atoms with Crippen LogP contribution in [0.2, 0.25) is 0 Å². The van der Waals surface area contributed by atoms with Gasteiger partial charge in [-0.1, -0.05) is 12.1 Å². The summed E-state index contributed by atoms with van der Waals surface area (Å²) in [5, 5.41) is 12.1. The quantitative estimate of drug-likeness (QED) is 0.866. The molecular weight excluding hydrogens is 244 g/mol. The molecule has 1 amide bonds. The molecule has 0 unspecified atom stereocenters. The van der Waals surface area contributed by atoms with Crippen LogP contribution in [-0.2, 0) is 4.79 Å². The molecule has 1 heterocycles. The molecule has 2 rings (SSSR count). The number of amides is 1. The molecule has 2 N–H and O–H groups in total. The lowest BCUT2D eigenvalue weighted by atomic mass is 10.0. The minimum atomic E-state index is -0.903. The Bertz CT molecular complexity index is 479. The number of rotatable bonds is 3. The van der Waals surface area contributed by atoms with Crippen molar-refractivity contribution in [3.8, 4) is 0 Å². The number of hydrogen-bond acceptors (Lipinski definition) is 3. The monoisotopic (exact) mass is 262 g/mol. The molecule has 0 aromatic heterocycles. The van der Waals surface area contributed by atoms with Crippen molar-refractivity contribution in [1.82, 2.24) is 5.32 Å². The summed E-state index contributed by atoms with van der Waals surface area (Å²) in [6.45, 7) is 3.04. The van der Waals surface area contributed by atoms with Crippen molar-refractivity contribution in [2.45, 2.75) is 25.8 Å². The molecule has 0 bridgehead atoms. The Labute approximate surface area is 112 Å². The number of piperidine rings is 1. The molecule has 1 aromatic carbocycles. The summed E-state index contributed by atoms with van der Waals surface area (Å²) < 4.78 is 0. The van der Waals surface area contributed by atoms with Gasteiger partial charge in [0.25, 0.3) is 0 Å². The van der Waals surface area contributed by atoms with Gasteiger partial charge in [0.05, 0.1) is 11.3 Å². The van der Waals surface area contributed by atoms with Crippen LogP contribution in [0.3, 0.4) is 0 Å². The molecule has 19 heavy (non-hydrogen) atoms. The van der Waals surface area contributed by atoms with Crippen LogP contribution in [0.1, 0.15) is 30.1 Å². The number of benzene rings is 1. The lowest BCUT2D eigenvalue weighted by molar-refractivity contribution is -0.119. The fraction of sp³-hybridized carbons (Fsp3) is 0.429. The Morgan fingerprint density at radius 2 is 1.89 bits per heavy atom. The molecule has 0 spiro atoms. The normalized spacial score (nSPS) is 16.2. The van der Waals surface area contributed by atoms with E-state index in [1.54, 1.807) is 12.1 Å². The van der Waals surface area contributed by atoms with E-state index in [1.807, 2.05) is 12.1 Å². The molecule has 0 aliphatic carbocycles. The molecule has 1 saturated heterocycles. The number of carbonyl (C=O) groups is 2. The van der Waals surface area contributed by atoms with Crippen LogP contribution in [0.4, 0.5) is 5.69 Å². The maximum Gasteiger partial charge on any atom is 0.337 e. The Balaban J connectivity index is 2.05. The zero-order chi connectivity index (χ0) is 13.8. The van der Waals surface area contributed by atoms with Crippen LogP contribution in [-0.4, -0.2) is 36.1 Å². The molecule has 1 fully saturated rings. The third-order valence-corrected chi connectivity index (χ3v) is 3.38. The topological polar surface area (TPSA) is 69.6 Å². The van der Waals surface area contributed by atoms with E-state index in [1.165, 1.54) is 6.92 Å². The minimum Gasteiger partial charge on any atom is -0.478 e. The average molecular weight is 262 g/mol. The largest absolute Gasteiger partial charge is 0.478 e. The van der Waals surface area contributed by atoms with Gasteiger partial charge in [0.2, 0.25) is 5.91 Å². The van der Waals surface area contributed by atoms with Gasteiger partial charge in [0.1, 0.15) is 0 Å². The van der Waals surface area contributed by atoms with Gasteiger partial charge >= 0.3 is 5.97 Å². The number of nitrogens with zero attached hydrogens (tertiary/aromatic N) is 1. The zero-order valence-corrected chi connectivity index (χ0v) is 10.9. The first-order valence-electron chi connectivity index (χ1n) is 6.42. The second-order valence-electron chi connectivity index (χ2n) is 4.78. The Kier molecular flexibility index (Phi) is 4.04. The maximum absolute atomic E-state index is 11.2. The summed E-state index contributed by atoms with van der Waals surface area (Å²) in [5.41, 5.74) is 1.09. The lowest BCUT2D eigenvalue weighted by Crippen LogP contribution is -2.44. The van der Waals surface area contributed by atoms with E-state index in [9.17, 15) is 14.7 Å². The number of nitrogens with one attached hydrogen (secondary N) is 1. The number of hydrogen-bond donors (Lipinski definition) is 2. The Morgan fingerprint density at radius 1 is 1.26 bits per heavy atom. The molecule has 102 valence electrons. The molecule has 0 radical (unpaired) electrons. The first-order chi connectivity index (χ1) is 9.08. The standard InChI is InChI=1S/C14H18N2O3/c1-10(17)15-11-6-8-16(9-7-11)13-5-3-2-4-12(13)14(18)19/h2-5,11H,6-9H2,1H3,(H,15,17)(H,18,19). The van der Waals surface area contributed by atoms with E-state index in [0.717, 1.165) is 31.6 Å². The summed E-state index contributed by atoms with van der Waals surface area (Å²) in [4.78, 5) is 24.3. The van der Waals surface area contributed by atoms with Crippen LogP contribution in [0.5, 0.6) is 0 Å². The summed E-state index contributed by atoms with van der Waals surface area (Å²) in [5.74, 6) is -0.913. The van der Waals surface area contributed by atoms with Crippen molar-refractivity contribution in [3.63, 3.8) is 0 Å². The molecule has 5 nitrogen and oxygen atoms in total. The van der Waals surface area contributed by atoms with E-state index in [2.05, 4.69) is 10.2 Å². The van der Waals surface area contributed by atoms with Crippen LogP contribution in [0.25, 0.3) is 0 Å². The number of aromatic carboxylic acids is 1. The third kappa shape index (κ3) is 3.24. The van der Waals surface area contributed by atoms with Gasteiger partial charge in [-0.05, 0) is 25.0 Å². The minimum absolute atomic E-state index is 0.00983. The van der Waals surface area contributed by atoms with E-state index in [4.69, 9.17) is 0 Å². The maximum atomic E-state index is 11.2. The zero-order valence-electron chi connectivity index (χ0n) is 10.9. The highest BCUT2D eigenvalue weighted by Crippen LogP contribution is 2.24. The molecule has 1 aromatic rings. The van der Waals surface area contributed by atoms with Crippen molar-refractivity contribution >= 4 is 17.6 Å². The lowest BCUT2D eigenvalue weighted by Gasteiger charge is -2.34. The molecule has 1 aliphatic heterocycles. The van der Waals surface area contributed by atoms with Crippen molar-refractivity contribution < 1.29 is 14.7 Å². The van der Waals surface area contributed by atoms with E-state index in [0.29, 0.717) is 5.56 Å². The van der Waals surface area contributed by atoms with Crippen molar-refractivity contribution in [1.29, 1.82) is 0 Å². The number of para-hydroxylation sites is 1. The van der Waals surface area contributed by atoms with Gasteiger partial charge in [-0.2, -0.15) is 0 Å². The van der Waals surface area contributed by atoms with Gasteiger partial charge in [0, 0.05) is 26.1 Å². The predicted molar refractivity (Wildman–Crippen MR) is 72.5 cm³/mol. The molecule has 0 saturated carbocycles. The van der Waals surface area contributed by atoms with E-state index >= 15 is 0 Å². The van der Waals surface area contributed by atoms with Gasteiger partial charge in [0.15, 0.2) is 0 Å². The molecule has 0 atom stereocenters. The number of carboxylic acids is 1. The van der Waals surface area contributed by atoms with E-state index in [-0.39, 0.29) is 11.9 Å². The fourth-order valence-corrected chi connectivity index (χ4v) is 2.48. The smallest absolute Gasteiger partial charge is 0.337 e. The first-order valence-corrected chi connectivity index (χ1v) is 6.42. The highest BCUT2D eigenvalue weighted by atomic mass is 16.4. The molecular formula is C14H18N2O3. The number of carboxylic acid groups (broad SMARTS) is 1. The van der Waals surface area contributed by atoms with Crippen molar-refractivity contribution in [2.75, 3.05) is 18.0 Å². The van der Waals surface area contributed by atoms with Crippen LogP contribution < -0.4 is 10.2 Å². The van der Waals surface area contributed by atoms with Crippen molar-refractivity contribution in [2.24, 2.45) is 0 Å². The Morgan fingerprint density at radius 3 is 2.47 bits per heavy atom. The molecule has 5 heteroatoms. The molecule has 1 aliphatic rings. The predicted octanol–water partition coefficient (Wildman–Crippen LogP) is 1.49. The highest BCUT2D eigenvalue weighted by Gasteiger charge is 2.22. The van der Waals surface area contributed by atoms with Crippen LogP contribution in [0.15, 0.2) is 24.3 Å². The van der Waals surface area contributed by atoms with E-state index < -0.39 is 5.97 Å². The average Bonchev–Trinajstić information content (AvgIpc) is 2.39. The Hall–Kier alpha value is -2.04. The van der Waals surface area contributed by atoms with Gasteiger partial charge in [-0.15, -0.1) is 0 Å².